The summed E-state index contributed by atoms with van der Waals surface area (Å²) in [5, 5.41) is 9.00. The third-order valence-corrected chi connectivity index (χ3v) is 7.37. The standard InChI is InChI=1S/C21H21N3O3S/c22-15-16-3-1-6-19(13-16)21(25)23-9-11-24(12-10-23)28(26,27)20-8-7-17-4-2-5-18(17)14-20/h1,3,6-8,13-14H,2,4-5,9-12H2. The molecule has 0 radical (unpaired) electrons. The zero-order chi connectivity index (χ0) is 19.7. The van der Waals surface area contributed by atoms with Crippen LogP contribution in [0.25, 0.3) is 0 Å². The molecule has 0 bridgehead atoms. The van der Waals surface area contributed by atoms with Crippen LogP contribution in [0.2, 0.25) is 0 Å². The van der Waals surface area contributed by atoms with Gasteiger partial charge in [0.25, 0.3) is 5.91 Å². The molecule has 0 N–H and O–H groups in total. The highest BCUT2D eigenvalue weighted by Gasteiger charge is 2.31. The van der Waals surface area contributed by atoms with Gasteiger partial charge in [-0.05, 0) is 60.7 Å². The Kier molecular flexibility index (Phi) is 4.92. The summed E-state index contributed by atoms with van der Waals surface area (Å²) in [5.41, 5.74) is 3.26. The van der Waals surface area contributed by atoms with E-state index >= 15 is 0 Å². The topological polar surface area (TPSA) is 81.5 Å². The first-order valence-corrected chi connectivity index (χ1v) is 10.8. The van der Waals surface area contributed by atoms with Gasteiger partial charge in [0.2, 0.25) is 10.0 Å². The largest absolute Gasteiger partial charge is 0.336 e. The average Bonchev–Trinajstić information content (AvgIpc) is 3.21. The van der Waals surface area contributed by atoms with Gasteiger partial charge in [-0.15, -0.1) is 0 Å². The highest BCUT2D eigenvalue weighted by atomic mass is 32.2. The molecular weight excluding hydrogens is 374 g/mol. The Morgan fingerprint density at radius 3 is 2.46 bits per heavy atom. The molecule has 0 atom stereocenters. The Hall–Kier alpha value is -2.69. The maximum absolute atomic E-state index is 13.0. The summed E-state index contributed by atoms with van der Waals surface area (Å²) in [4.78, 5) is 14.7. The first-order chi connectivity index (χ1) is 13.5. The molecule has 4 rings (SSSR count). The van der Waals surface area contributed by atoms with Crippen LogP contribution in [0.5, 0.6) is 0 Å². The molecule has 0 spiro atoms. The lowest BCUT2D eigenvalue weighted by atomic mass is 10.1. The van der Waals surface area contributed by atoms with Crippen molar-refractivity contribution in [2.24, 2.45) is 0 Å². The van der Waals surface area contributed by atoms with Crippen molar-refractivity contribution in [3.63, 3.8) is 0 Å². The van der Waals surface area contributed by atoms with E-state index in [1.165, 1.54) is 9.87 Å². The van der Waals surface area contributed by atoms with E-state index in [1.807, 2.05) is 18.2 Å². The lowest BCUT2D eigenvalue weighted by Crippen LogP contribution is -2.50. The Bertz CT molecular complexity index is 1060. The van der Waals surface area contributed by atoms with Crippen molar-refractivity contribution < 1.29 is 13.2 Å². The first-order valence-electron chi connectivity index (χ1n) is 9.40. The van der Waals surface area contributed by atoms with Crippen LogP contribution in [-0.2, 0) is 22.9 Å². The van der Waals surface area contributed by atoms with E-state index in [1.54, 1.807) is 35.2 Å². The minimum Gasteiger partial charge on any atom is -0.336 e. The summed E-state index contributed by atoms with van der Waals surface area (Å²) >= 11 is 0. The van der Waals surface area contributed by atoms with Crippen molar-refractivity contribution >= 4 is 15.9 Å². The van der Waals surface area contributed by atoms with Crippen LogP contribution in [-0.4, -0.2) is 49.7 Å². The lowest BCUT2D eigenvalue weighted by Gasteiger charge is -2.34. The molecule has 1 fully saturated rings. The van der Waals surface area contributed by atoms with Gasteiger partial charge in [0.15, 0.2) is 0 Å². The number of carbonyl (C=O) groups is 1. The van der Waals surface area contributed by atoms with E-state index in [9.17, 15) is 13.2 Å². The molecule has 1 aliphatic heterocycles. The second-order valence-electron chi connectivity index (χ2n) is 7.17. The van der Waals surface area contributed by atoms with Crippen molar-refractivity contribution in [1.82, 2.24) is 9.21 Å². The van der Waals surface area contributed by atoms with Crippen molar-refractivity contribution in [3.05, 3.63) is 64.7 Å². The number of carbonyl (C=O) groups excluding carboxylic acids is 1. The van der Waals surface area contributed by atoms with Crippen LogP contribution in [0.4, 0.5) is 0 Å². The quantitative estimate of drug-likeness (QED) is 0.798. The van der Waals surface area contributed by atoms with E-state index < -0.39 is 10.0 Å². The molecule has 0 aromatic heterocycles. The van der Waals surface area contributed by atoms with Crippen LogP contribution in [0.3, 0.4) is 0 Å². The fourth-order valence-electron chi connectivity index (χ4n) is 3.89. The van der Waals surface area contributed by atoms with Gasteiger partial charge < -0.3 is 4.90 Å². The number of sulfonamides is 1. The van der Waals surface area contributed by atoms with Crippen molar-refractivity contribution in [3.8, 4) is 6.07 Å². The summed E-state index contributed by atoms with van der Waals surface area (Å²) in [6.45, 7) is 1.20. The first kappa shape index (κ1) is 18.7. The molecule has 144 valence electrons. The van der Waals surface area contributed by atoms with E-state index in [-0.39, 0.29) is 19.0 Å². The van der Waals surface area contributed by atoms with Crippen LogP contribution < -0.4 is 0 Å². The van der Waals surface area contributed by atoms with Gasteiger partial charge in [-0.25, -0.2) is 8.42 Å². The molecule has 1 amide bonds. The third-order valence-electron chi connectivity index (χ3n) is 5.47. The fraction of sp³-hybridized carbons (Fsp3) is 0.333. The Morgan fingerprint density at radius 1 is 0.964 bits per heavy atom. The van der Waals surface area contributed by atoms with Gasteiger partial charge >= 0.3 is 0 Å². The maximum atomic E-state index is 13.0. The van der Waals surface area contributed by atoms with Crippen LogP contribution in [0.1, 0.15) is 33.5 Å². The van der Waals surface area contributed by atoms with Crippen molar-refractivity contribution in [1.29, 1.82) is 5.26 Å². The SMILES string of the molecule is N#Cc1cccc(C(=O)N2CCN(S(=O)(=O)c3ccc4c(c3)CCC4)CC2)c1. The normalized spacial score (nSPS) is 17.2. The molecule has 0 unspecified atom stereocenters. The van der Waals surface area contributed by atoms with Crippen LogP contribution in [0, 0.1) is 11.3 Å². The van der Waals surface area contributed by atoms with Gasteiger partial charge in [-0.3, -0.25) is 4.79 Å². The number of hydrogen-bond donors (Lipinski definition) is 0. The number of piperazine rings is 1. The van der Waals surface area contributed by atoms with Gasteiger partial charge in [0, 0.05) is 31.7 Å². The average molecular weight is 395 g/mol. The second kappa shape index (κ2) is 7.38. The smallest absolute Gasteiger partial charge is 0.253 e. The summed E-state index contributed by atoms with van der Waals surface area (Å²) in [7, 11) is -3.56. The number of nitriles is 1. The van der Waals surface area contributed by atoms with E-state index in [0.29, 0.717) is 29.1 Å². The molecule has 1 saturated heterocycles. The fourth-order valence-corrected chi connectivity index (χ4v) is 5.37. The van der Waals surface area contributed by atoms with Gasteiger partial charge in [-0.2, -0.15) is 9.57 Å². The minimum atomic E-state index is -3.56. The molecule has 1 heterocycles. The monoisotopic (exact) mass is 395 g/mol. The minimum absolute atomic E-state index is 0.174. The van der Waals surface area contributed by atoms with Gasteiger partial charge in [0.05, 0.1) is 16.5 Å². The molecule has 0 saturated carbocycles. The van der Waals surface area contributed by atoms with Crippen LogP contribution >= 0.6 is 0 Å². The maximum Gasteiger partial charge on any atom is 0.253 e. The van der Waals surface area contributed by atoms with Gasteiger partial charge in [-0.1, -0.05) is 12.1 Å². The Morgan fingerprint density at radius 2 is 1.71 bits per heavy atom. The van der Waals surface area contributed by atoms with E-state index in [2.05, 4.69) is 0 Å². The Labute approximate surface area is 165 Å². The summed E-state index contributed by atoms with van der Waals surface area (Å²) < 4.78 is 27.5. The molecule has 7 heteroatoms. The summed E-state index contributed by atoms with van der Waals surface area (Å²) in [6, 6.07) is 14.0. The van der Waals surface area contributed by atoms with E-state index in [4.69, 9.17) is 5.26 Å². The van der Waals surface area contributed by atoms with Crippen molar-refractivity contribution in [2.45, 2.75) is 24.2 Å². The van der Waals surface area contributed by atoms with E-state index in [0.717, 1.165) is 24.8 Å². The zero-order valence-electron chi connectivity index (χ0n) is 15.5. The predicted molar refractivity (Wildman–Crippen MR) is 104 cm³/mol. The predicted octanol–water partition coefficient (Wildman–Crippen LogP) is 2.19. The summed E-state index contributed by atoms with van der Waals surface area (Å²) in [5.74, 6) is -0.174. The molecule has 1 aliphatic carbocycles. The number of nitrogens with zero attached hydrogens (tertiary/aromatic N) is 3. The molecule has 2 aromatic carbocycles. The molecule has 28 heavy (non-hydrogen) atoms. The highest BCUT2D eigenvalue weighted by molar-refractivity contribution is 7.89. The molecule has 2 aliphatic rings. The molecular formula is C21H21N3O3S. The summed E-state index contributed by atoms with van der Waals surface area (Å²) in [6.07, 6.45) is 3.03. The van der Waals surface area contributed by atoms with Crippen LogP contribution in [0.15, 0.2) is 47.4 Å². The number of hydrogen-bond acceptors (Lipinski definition) is 4. The third kappa shape index (κ3) is 3.41. The zero-order valence-corrected chi connectivity index (χ0v) is 16.3. The number of benzene rings is 2. The number of fused-ring (bicyclic) bond motifs is 1. The lowest BCUT2D eigenvalue weighted by molar-refractivity contribution is 0.0698. The molecule has 2 aromatic rings. The number of aryl methyl sites for hydroxylation is 2. The molecule has 6 nitrogen and oxygen atoms in total. The van der Waals surface area contributed by atoms with Gasteiger partial charge in [0.1, 0.15) is 0 Å². The van der Waals surface area contributed by atoms with Crippen molar-refractivity contribution in [2.75, 3.05) is 26.2 Å². The highest BCUT2D eigenvalue weighted by Crippen LogP contribution is 2.27. The Balaban J connectivity index is 1.46. The second-order valence-corrected chi connectivity index (χ2v) is 9.11. The number of amides is 1. The number of rotatable bonds is 3.